The fraction of sp³-hybridized carbons (Fsp3) is 0.588. The summed E-state index contributed by atoms with van der Waals surface area (Å²) in [5.74, 6) is -2.91. The molecule has 0 aromatic carbocycles. The Labute approximate surface area is 179 Å². The number of aliphatic carboxylic acids is 1. The number of thiol groups is 1. The molecule has 0 spiro atoms. The molecule has 0 aliphatic rings. The van der Waals surface area contributed by atoms with E-state index in [1.165, 1.54) is 12.5 Å². The van der Waals surface area contributed by atoms with Crippen LogP contribution in [0.4, 0.5) is 0 Å². The Bertz CT molecular complexity index is 701. The van der Waals surface area contributed by atoms with Crippen molar-refractivity contribution in [1.29, 1.82) is 0 Å². The number of hydrogen-bond acceptors (Lipinski definition) is 8. The van der Waals surface area contributed by atoms with Crippen LogP contribution in [-0.2, 0) is 25.6 Å². The van der Waals surface area contributed by atoms with Crippen molar-refractivity contribution in [3.8, 4) is 0 Å². The second-order valence-corrected chi connectivity index (χ2v) is 6.96. The Morgan fingerprint density at radius 1 is 1.17 bits per heavy atom. The van der Waals surface area contributed by atoms with Crippen LogP contribution < -0.4 is 27.4 Å². The minimum absolute atomic E-state index is 0.00220. The first-order valence-electron chi connectivity index (χ1n) is 9.42. The van der Waals surface area contributed by atoms with Gasteiger partial charge in [-0.25, -0.2) is 9.78 Å². The molecule has 0 saturated carbocycles. The lowest BCUT2D eigenvalue weighted by Gasteiger charge is -2.21. The van der Waals surface area contributed by atoms with E-state index in [1.54, 1.807) is 0 Å². The Hall–Kier alpha value is -2.64. The predicted octanol–water partition coefficient (Wildman–Crippen LogP) is -2.49. The normalized spacial score (nSPS) is 13.7. The number of nitrogens with one attached hydrogen (secondary N) is 4. The van der Waals surface area contributed by atoms with E-state index in [0.29, 0.717) is 25.1 Å². The van der Waals surface area contributed by atoms with E-state index in [2.05, 4.69) is 38.5 Å². The van der Waals surface area contributed by atoms with Crippen molar-refractivity contribution in [3.05, 3.63) is 18.2 Å². The molecular formula is C17H29N7O5S. The van der Waals surface area contributed by atoms with Crippen molar-refractivity contribution in [2.75, 3.05) is 18.8 Å². The average molecular weight is 444 g/mol. The minimum Gasteiger partial charge on any atom is -0.480 e. The summed E-state index contributed by atoms with van der Waals surface area (Å²) in [6.07, 6.45) is 4.30. The van der Waals surface area contributed by atoms with Crippen LogP contribution >= 0.6 is 12.6 Å². The molecule has 0 saturated heterocycles. The Balaban J connectivity index is 2.71. The van der Waals surface area contributed by atoms with Gasteiger partial charge in [-0.1, -0.05) is 0 Å². The van der Waals surface area contributed by atoms with E-state index in [0.717, 1.165) is 0 Å². The van der Waals surface area contributed by atoms with Crippen molar-refractivity contribution in [3.63, 3.8) is 0 Å². The molecule has 1 aromatic heterocycles. The number of amides is 3. The first-order chi connectivity index (χ1) is 14.3. The summed E-state index contributed by atoms with van der Waals surface area (Å²) in [6.45, 7) is 0.0367. The molecule has 0 radical (unpaired) electrons. The van der Waals surface area contributed by atoms with E-state index < -0.39 is 41.8 Å². The second-order valence-electron chi connectivity index (χ2n) is 6.59. The van der Waals surface area contributed by atoms with Gasteiger partial charge in [0.2, 0.25) is 17.7 Å². The van der Waals surface area contributed by atoms with Gasteiger partial charge < -0.3 is 37.5 Å². The third kappa shape index (κ3) is 9.24. The smallest absolute Gasteiger partial charge is 0.326 e. The maximum Gasteiger partial charge on any atom is 0.326 e. The molecule has 13 heteroatoms. The fourth-order valence-corrected chi connectivity index (χ4v) is 2.64. The van der Waals surface area contributed by atoms with Crippen LogP contribution in [0.15, 0.2) is 12.5 Å². The number of aromatic amines is 1. The number of unbranched alkanes of at least 4 members (excludes halogenated alkanes) is 1. The number of carbonyl (C=O) groups excluding carboxylic acids is 3. The van der Waals surface area contributed by atoms with Gasteiger partial charge in [0.05, 0.1) is 18.9 Å². The molecule has 3 amide bonds. The number of carboxylic acids is 1. The molecule has 0 bridgehead atoms. The average Bonchev–Trinajstić information content (AvgIpc) is 3.23. The van der Waals surface area contributed by atoms with Crippen molar-refractivity contribution >= 4 is 36.3 Å². The highest BCUT2D eigenvalue weighted by molar-refractivity contribution is 7.80. The molecule has 0 aliphatic carbocycles. The number of nitrogens with zero attached hydrogens (tertiary/aromatic N) is 1. The number of imidazole rings is 1. The largest absolute Gasteiger partial charge is 0.480 e. The van der Waals surface area contributed by atoms with Crippen LogP contribution in [-0.4, -0.2) is 75.7 Å². The van der Waals surface area contributed by atoms with Crippen molar-refractivity contribution < 1.29 is 24.3 Å². The standard InChI is InChI=1S/C17H29N7O5S/c18-4-2-1-3-12(23-14(25)7-21-15(26)11(19)8-30)16(27)24-13(17(28)29)5-10-6-20-9-22-10/h6,9,11-13,30H,1-5,7-8,18-19H2,(H,20,22)(H,21,26)(H,23,25)(H,24,27)(H,28,29). The molecule has 0 aliphatic heterocycles. The molecular weight excluding hydrogens is 414 g/mol. The quantitative estimate of drug-likeness (QED) is 0.114. The minimum atomic E-state index is -1.22. The zero-order valence-electron chi connectivity index (χ0n) is 16.5. The molecule has 9 N–H and O–H groups in total. The van der Waals surface area contributed by atoms with Gasteiger partial charge in [0, 0.05) is 24.1 Å². The van der Waals surface area contributed by atoms with Crippen LogP contribution in [0.5, 0.6) is 0 Å². The number of carboxylic acid groups (broad SMARTS) is 1. The van der Waals surface area contributed by atoms with Gasteiger partial charge in [0.1, 0.15) is 12.1 Å². The van der Waals surface area contributed by atoms with Crippen LogP contribution in [0.1, 0.15) is 25.0 Å². The fourth-order valence-electron chi connectivity index (χ4n) is 2.48. The molecule has 12 nitrogen and oxygen atoms in total. The number of rotatable bonds is 14. The van der Waals surface area contributed by atoms with Crippen molar-refractivity contribution in [2.45, 2.75) is 43.8 Å². The maximum atomic E-state index is 12.6. The lowest BCUT2D eigenvalue weighted by molar-refractivity contribution is -0.142. The molecule has 1 heterocycles. The van der Waals surface area contributed by atoms with Crippen LogP contribution in [0.2, 0.25) is 0 Å². The predicted molar refractivity (Wildman–Crippen MR) is 112 cm³/mol. The van der Waals surface area contributed by atoms with Gasteiger partial charge in [-0.2, -0.15) is 12.6 Å². The zero-order chi connectivity index (χ0) is 22.5. The molecule has 168 valence electrons. The molecule has 1 rings (SSSR count). The van der Waals surface area contributed by atoms with Gasteiger partial charge in [-0.15, -0.1) is 0 Å². The van der Waals surface area contributed by atoms with E-state index in [1.807, 2.05) is 0 Å². The number of hydrogen-bond donors (Lipinski definition) is 8. The molecule has 3 unspecified atom stereocenters. The number of carbonyl (C=O) groups is 4. The highest BCUT2D eigenvalue weighted by Crippen LogP contribution is 2.04. The summed E-state index contributed by atoms with van der Waals surface area (Å²) >= 11 is 3.91. The monoisotopic (exact) mass is 443 g/mol. The Morgan fingerprint density at radius 3 is 2.47 bits per heavy atom. The van der Waals surface area contributed by atoms with Gasteiger partial charge in [-0.3, -0.25) is 14.4 Å². The number of nitrogens with two attached hydrogens (primary N) is 2. The summed E-state index contributed by atoms with van der Waals surface area (Å²) in [7, 11) is 0. The van der Waals surface area contributed by atoms with Gasteiger partial charge in [0.15, 0.2) is 0 Å². The zero-order valence-corrected chi connectivity index (χ0v) is 17.4. The van der Waals surface area contributed by atoms with E-state index in [4.69, 9.17) is 11.5 Å². The van der Waals surface area contributed by atoms with Gasteiger partial charge in [0.25, 0.3) is 0 Å². The first-order valence-corrected chi connectivity index (χ1v) is 10.1. The van der Waals surface area contributed by atoms with Gasteiger partial charge >= 0.3 is 5.97 Å². The van der Waals surface area contributed by atoms with E-state index in [-0.39, 0.29) is 25.1 Å². The highest BCUT2D eigenvalue weighted by atomic mass is 32.1. The van der Waals surface area contributed by atoms with Gasteiger partial charge in [-0.05, 0) is 25.8 Å². The van der Waals surface area contributed by atoms with Crippen LogP contribution in [0.3, 0.4) is 0 Å². The van der Waals surface area contributed by atoms with Crippen molar-refractivity contribution in [2.24, 2.45) is 11.5 Å². The summed E-state index contributed by atoms with van der Waals surface area (Å²) < 4.78 is 0. The van der Waals surface area contributed by atoms with E-state index >= 15 is 0 Å². The lowest BCUT2D eigenvalue weighted by atomic mass is 10.1. The third-order valence-electron chi connectivity index (χ3n) is 4.15. The summed E-state index contributed by atoms with van der Waals surface area (Å²) in [4.78, 5) is 54.6. The van der Waals surface area contributed by atoms with Crippen LogP contribution in [0, 0.1) is 0 Å². The lowest BCUT2D eigenvalue weighted by Crippen LogP contribution is -2.54. The van der Waals surface area contributed by atoms with Crippen molar-refractivity contribution in [1.82, 2.24) is 25.9 Å². The second kappa shape index (κ2) is 13.6. The first kappa shape index (κ1) is 25.4. The Morgan fingerprint density at radius 2 is 1.90 bits per heavy atom. The molecule has 30 heavy (non-hydrogen) atoms. The van der Waals surface area contributed by atoms with Crippen LogP contribution in [0.25, 0.3) is 0 Å². The third-order valence-corrected chi connectivity index (χ3v) is 4.54. The molecule has 3 atom stereocenters. The summed E-state index contributed by atoms with van der Waals surface area (Å²) in [5, 5.41) is 16.7. The van der Waals surface area contributed by atoms with E-state index in [9.17, 15) is 24.3 Å². The maximum absolute atomic E-state index is 12.6. The highest BCUT2D eigenvalue weighted by Gasteiger charge is 2.27. The summed E-state index contributed by atoms with van der Waals surface area (Å²) in [6, 6.07) is -3.05. The number of H-pyrrole nitrogens is 1. The SMILES string of the molecule is NCCCCC(NC(=O)CNC(=O)C(N)CS)C(=O)NC(Cc1cnc[nH]1)C(=O)O. The topological polar surface area (TPSA) is 205 Å². The molecule has 1 aromatic rings. The number of aromatic nitrogens is 2. The summed E-state index contributed by atoms with van der Waals surface area (Å²) in [5.41, 5.74) is 11.5. The molecule has 0 fully saturated rings. The Kier molecular flexibility index (Phi) is 11.5.